The molecule has 1 saturated carbocycles. The van der Waals surface area contributed by atoms with Gasteiger partial charge in [0.15, 0.2) is 0 Å². The largest absolute Gasteiger partial charge is 0.359 e. The first kappa shape index (κ1) is 16.0. The van der Waals surface area contributed by atoms with Crippen molar-refractivity contribution in [3.8, 4) is 0 Å². The zero-order valence-corrected chi connectivity index (χ0v) is 12.3. The van der Waals surface area contributed by atoms with Crippen LogP contribution in [0.15, 0.2) is 0 Å². The van der Waals surface area contributed by atoms with E-state index in [1.165, 1.54) is 12.8 Å². The number of rotatable bonds is 5. The summed E-state index contributed by atoms with van der Waals surface area (Å²) >= 11 is 0. The van der Waals surface area contributed by atoms with Crippen molar-refractivity contribution in [3.05, 3.63) is 0 Å². The molecule has 0 aromatic rings. The quantitative estimate of drug-likeness (QED) is 0.773. The Labute approximate surface area is 115 Å². The molecule has 0 radical (unpaired) electrons. The first-order chi connectivity index (χ1) is 8.95. The van der Waals surface area contributed by atoms with Crippen molar-refractivity contribution in [1.82, 2.24) is 10.2 Å². The topological polar surface area (TPSA) is 75.4 Å². The van der Waals surface area contributed by atoms with Gasteiger partial charge < -0.3 is 16.0 Å². The first-order valence-electron chi connectivity index (χ1n) is 7.16. The molecular weight excluding hydrogens is 242 g/mol. The van der Waals surface area contributed by atoms with E-state index in [4.69, 9.17) is 5.73 Å². The van der Waals surface area contributed by atoms with Gasteiger partial charge in [-0.15, -0.1) is 0 Å². The molecule has 3 unspecified atom stereocenters. The highest BCUT2D eigenvalue weighted by Gasteiger charge is 2.26. The molecule has 1 fully saturated rings. The van der Waals surface area contributed by atoms with Crippen LogP contribution in [0.25, 0.3) is 0 Å². The van der Waals surface area contributed by atoms with Gasteiger partial charge in [0.05, 0.1) is 5.92 Å². The van der Waals surface area contributed by atoms with Crippen LogP contribution in [0.1, 0.15) is 39.0 Å². The second-order valence-electron chi connectivity index (χ2n) is 5.70. The lowest BCUT2D eigenvalue weighted by Crippen LogP contribution is -2.40. The number of nitrogens with one attached hydrogen (secondary N) is 1. The van der Waals surface area contributed by atoms with Crippen LogP contribution in [0, 0.1) is 11.8 Å². The normalized spacial score (nSPS) is 24.6. The van der Waals surface area contributed by atoms with Crippen LogP contribution in [0.4, 0.5) is 0 Å². The van der Waals surface area contributed by atoms with Gasteiger partial charge in [-0.25, -0.2) is 0 Å². The maximum Gasteiger partial charge on any atom is 0.224 e. The molecule has 0 saturated heterocycles. The lowest BCUT2D eigenvalue weighted by molar-refractivity contribution is -0.133. The molecule has 0 aliphatic heterocycles. The van der Waals surface area contributed by atoms with Crippen LogP contribution in [0.2, 0.25) is 0 Å². The third-order valence-corrected chi connectivity index (χ3v) is 4.07. The predicted octanol–water partition coefficient (Wildman–Crippen LogP) is 0.734. The Bertz CT molecular complexity index is 320. The van der Waals surface area contributed by atoms with Crippen molar-refractivity contribution in [2.24, 2.45) is 17.6 Å². The van der Waals surface area contributed by atoms with Crippen LogP contribution in [0.5, 0.6) is 0 Å². The number of hydrogen-bond acceptors (Lipinski definition) is 3. The SMILES string of the molecule is CNC(=O)C(C)CN(C)C(=O)CC1CCCCC1N. The van der Waals surface area contributed by atoms with E-state index in [0.29, 0.717) is 18.9 Å². The van der Waals surface area contributed by atoms with Gasteiger partial charge in [-0.1, -0.05) is 19.8 Å². The molecule has 1 aliphatic carbocycles. The fraction of sp³-hybridized carbons (Fsp3) is 0.857. The Morgan fingerprint density at radius 1 is 1.37 bits per heavy atom. The highest BCUT2D eigenvalue weighted by atomic mass is 16.2. The van der Waals surface area contributed by atoms with Gasteiger partial charge in [-0.2, -0.15) is 0 Å². The van der Waals surface area contributed by atoms with Gasteiger partial charge in [0.1, 0.15) is 0 Å². The first-order valence-corrected chi connectivity index (χ1v) is 7.16. The highest BCUT2D eigenvalue weighted by molar-refractivity contribution is 5.80. The minimum Gasteiger partial charge on any atom is -0.359 e. The summed E-state index contributed by atoms with van der Waals surface area (Å²) in [5.41, 5.74) is 6.06. The van der Waals surface area contributed by atoms with Crippen LogP contribution >= 0.6 is 0 Å². The monoisotopic (exact) mass is 269 g/mol. The number of carbonyl (C=O) groups excluding carboxylic acids is 2. The minimum absolute atomic E-state index is 0.0333. The van der Waals surface area contributed by atoms with Gasteiger partial charge in [-0.05, 0) is 18.8 Å². The van der Waals surface area contributed by atoms with E-state index < -0.39 is 0 Å². The molecule has 0 aromatic carbocycles. The second kappa shape index (κ2) is 7.48. The summed E-state index contributed by atoms with van der Waals surface area (Å²) < 4.78 is 0. The molecule has 3 N–H and O–H groups in total. The number of carbonyl (C=O) groups is 2. The van der Waals surface area contributed by atoms with Crippen molar-refractivity contribution >= 4 is 11.8 Å². The zero-order chi connectivity index (χ0) is 14.4. The predicted molar refractivity (Wildman–Crippen MR) is 75.4 cm³/mol. The lowest BCUT2D eigenvalue weighted by atomic mass is 9.83. The fourth-order valence-electron chi connectivity index (χ4n) is 2.71. The fourth-order valence-corrected chi connectivity index (χ4v) is 2.71. The Kier molecular flexibility index (Phi) is 6.28. The molecule has 3 atom stereocenters. The van der Waals surface area contributed by atoms with Gasteiger partial charge in [0.25, 0.3) is 0 Å². The van der Waals surface area contributed by atoms with Crippen molar-refractivity contribution < 1.29 is 9.59 Å². The van der Waals surface area contributed by atoms with Crippen LogP contribution in [0.3, 0.4) is 0 Å². The van der Waals surface area contributed by atoms with Gasteiger partial charge in [0, 0.05) is 33.1 Å². The second-order valence-corrected chi connectivity index (χ2v) is 5.70. The maximum atomic E-state index is 12.1. The summed E-state index contributed by atoms with van der Waals surface area (Å²) in [7, 11) is 3.37. The maximum absolute atomic E-state index is 12.1. The molecule has 0 spiro atoms. The summed E-state index contributed by atoms with van der Waals surface area (Å²) in [5.74, 6) is 0.185. The van der Waals surface area contributed by atoms with Gasteiger partial charge >= 0.3 is 0 Å². The molecule has 1 rings (SSSR count). The van der Waals surface area contributed by atoms with E-state index >= 15 is 0 Å². The third-order valence-electron chi connectivity index (χ3n) is 4.07. The third kappa shape index (κ3) is 4.82. The van der Waals surface area contributed by atoms with Crippen molar-refractivity contribution in [2.45, 2.75) is 45.1 Å². The average Bonchev–Trinajstić information content (AvgIpc) is 2.40. The van der Waals surface area contributed by atoms with Gasteiger partial charge in [-0.3, -0.25) is 9.59 Å². The Morgan fingerprint density at radius 3 is 2.58 bits per heavy atom. The summed E-state index contributed by atoms with van der Waals surface area (Å²) in [6.07, 6.45) is 4.93. The summed E-state index contributed by atoms with van der Waals surface area (Å²) in [4.78, 5) is 25.2. The molecular formula is C14H27N3O2. The summed E-state index contributed by atoms with van der Waals surface area (Å²) in [6, 6.07) is 0.155. The molecule has 0 bridgehead atoms. The van der Waals surface area contributed by atoms with Crippen molar-refractivity contribution in [1.29, 1.82) is 0 Å². The standard InChI is InChI=1S/C14H27N3O2/c1-10(14(19)16-2)9-17(3)13(18)8-11-6-4-5-7-12(11)15/h10-12H,4-9,15H2,1-3H3,(H,16,19). The number of amides is 2. The van der Waals surface area contributed by atoms with E-state index in [1.54, 1.807) is 19.0 Å². The number of nitrogens with zero attached hydrogens (tertiary/aromatic N) is 1. The lowest BCUT2D eigenvalue weighted by Gasteiger charge is -2.30. The Morgan fingerprint density at radius 2 is 2.00 bits per heavy atom. The Balaban J connectivity index is 2.41. The molecule has 0 heterocycles. The average molecular weight is 269 g/mol. The molecule has 5 heteroatoms. The molecule has 1 aliphatic rings. The van der Waals surface area contributed by atoms with Crippen molar-refractivity contribution in [3.63, 3.8) is 0 Å². The van der Waals surface area contributed by atoms with E-state index in [2.05, 4.69) is 5.32 Å². The molecule has 2 amide bonds. The van der Waals surface area contributed by atoms with Crippen LogP contribution in [-0.2, 0) is 9.59 Å². The smallest absolute Gasteiger partial charge is 0.224 e. The summed E-state index contributed by atoms with van der Waals surface area (Å²) in [6.45, 7) is 2.29. The van der Waals surface area contributed by atoms with Crippen LogP contribution in [-0.4, -0.2) is 43.4 Å². The van der Waals surface area contributed by atoms with E-state index in [9.17, 15) is 9.59 Å². The number of hydrogen-bond donors (Lipinski definition) is 2. The highest BCUT2D eigenvalue weighted by Crippen LogP contribution is 2.26. The van der Waals surface area contributed by atoms with E-state index in [-0.39, 0.29) is 23.8 Å². The molecule has 5 nitrogen and oxygen atoms in total. The van der Waals surface area contributed by atoms with Crippen LogP contribution < -0.4 is 11.1 Å². The van der Waals surface area contributed by atoms with Crippen molar-refractivity contribution in [2.75, 3.05) is 20.6 Å². The number of nitrogens with two attached hydrogens (primary N) is 1. The zero-order valence-electron chi connectivity index (χ0n) is 12.3. The van der Waals surface area contributed by atoms with E-state index in [1.807, 2.05) is 6.92 Å². The summed E-state index contributed by atoms with van der Waals surface area (Å²) in [5, 5.41) is 2.60. The molecule has 0 aromatic heterocycles. The molecule has 19 heavy (non-hydrogen) atoms. The Hall–Kier alpha value is -1.10. The van der Waals surface area contributed by atoms with E-state index in [0.717, 1.165) is 12.8 Å². The minimum atomic E-state index is -0.182. The molecule has 110 valence electrons. The van der Waals surface area contributed by atoms with Gasteiger partial charge in [0.2, 0.25) is 11.8 Å².